The van der Waals surface area contributed by atoms with Gasteiger partial charge in [0.25, 0.3) is 0 Å². The van der Waals surface area contributed by atoms with Crippen LogP contribution in [-0.4, -0.2) is 45.1 Å². The first-order valence-electron chi connectivity index (χ1n) is 7.53. The third kappa shape index (κ3) is 3.84. The highest BCUT2D eigenvalue weighted by atomic mass is 32.2. The molecule has 1 aromatic rings. The molecule has 0 spiro atoms. The summed E-state index contributed by atoms with van der Waals surface area (Å²) in [5, 5.41) is 0. The van der Waals surface area contributed by atoms with Crippen LogP contribution in [-0.2, 0) is 14.8 Å². The third-order valence-corrected chi connectivity index (χ3v) is 5.98. The first-order chi connectivity index (χ1) is 10.5. The minimum Gasteiger partial charge on any atom is -0.378 e. The van der Waals surface area contributed by atoms with Gasteiger partial charge < -0.3 is 10.5 Å². The Hall–Kier alpha value is -1.02. The molecule has 1 aliphatic heterocycles. The Morgan fingerprint density at radius 3 is 2.68 bits per heavy atom. The van der Waals surface area contributed by atoms with E-state index in [2.05, 4.69) is 0 Å². The molecule has 2 N–H and O–H groups in total. The van der Waals surface area contributed by atoms with E-state index in [1.54, 1.807) is 0 Å². The molecular formula is C15H23FN2O3S. The Balaban J connectivity index is 2.02. The molecule has 1 heterocycles. The van der Waals surface area contributed by atoms with Crippen LogP contribution in [0.4, 0.5) is 4.39 Å². The van der Waals surface area contributed by atoms with Gasteiger partial charge in [0, 0.05) is 25.3 Å². The lowest BCUT2D eigenvalue weighted by atomic mass is 10.1. The number of halogens is 1. The normalized spacial score (nSPS) is 17.8. The molecule has 7 heteroatoms. The van der Waals surface area contributed by atoms with Gasteiger partial charge in [-0.15, -0.1) is 0 Å². The molecule has 0 aliphatic carbocycles. The van der Waals surface area contributed by atoms with E-state index in [1.165, 1.54) is 29.4 Å². The molecule has 22 heavy (non-hydrogen) atoms. The molecule has 1 aromatic carbocycles. The summed E-state index contributed by atoms with van der Waals surface area (Å²) < 4.78 is 45.9. The zero-order valence-corrected chi connectivity index (χ0v) is 13.6. The number of hydrogen-bond donors (Lipinski definition) is 1. The highest BCUT2D eigenvalue weighted by Crippen LogP contribution is 2.25. The predicted octanol–water partition coefficient (Wildman–Crippen LogP) is 1.65. The number of piperidine rings is 1. The summed E-state index contributed by atoms with van der Waals surface area (Å²) in [4.78, 5) is 0.0509. The van der Waals surface area contributed by atoms with Crippen molar-refractivity contribution in [3.05, 3.63) is 29.6 Å². The summed E-state index contributed by atoms with van der Waals surface area (Å²) in [5.74, 6) is -0.499. The third-order valence-electron chi connectivity index (χ3n) is 3.94. The fourth-order valence-corrected chi connectivity index (χ4v) is 4.28. The standard InChI is InChI=1S/C15H23FN2O3S/c1-12-14(16)4-2-5-15(12)22(19,20)18-9-6-13(7-10-18)21-11-3-8-17/h2,4-5,13H,3,6-11,17H2,1H3. The van der Waals surface area contributed by atoms with E-state index in [0.717, 1.165) is 6.42 Å². The van der Waals surface area contributed by atoms with Gasteiger partial charge in [0.1, 0.15) is 5.82 Å². The van der Waals surface area contributed by atoms with Crippen molar-refractivity contribution < 1.29 is 17.5 Å². The SMILES string of the molecule is Cc1c(F)cccc1S(=O)(=O)N1CCC(OCCCN)CC1. The van der Waals surface area contributed by atoms with E-state index in [0.29, 0.717) is 39.1 Å². The fourth-order valence-electron chi connectivity index (χ4n) is 2.58. The molecule has 0 atom stereocenters. The van der Waals surface area contributed by atoms with Crippen molar-refractivity contribution in [2.24, 2.45) is 5.73 Å². The van der Waals surface area contributed by atoms with Crippen molar-refractivity contribution in [2.75, 3.05) is 26.2 Å². The zero-order chi connectivity index (χ0) is 16.2. The number of ether oxygens (including phenoxy) is 1. The lowest BCUT2D eigenvalue weighted by Crippen LogP contribution is -2.41. The van der Waals surface area contributed by atoms with Crippen molar-refractivity contribution in [2.45, 2.75) is 37.2 Å². The van der Waals surface area contributed by atoms with E-state index >= 15 is 0 Å². The average molecular weight is 330 g/mol. The van der Waals surface area contributed by atoms with Crippen LogP contribution in [0.5, 0.6) is 0 Å². The second-order valence-corrected chi connectivity index (χ2v) is 7.39. The molecule has 1 saturated heterocycles. The molecule has 0 radical (unpaired) electrons. The van der Waals surface area contributed by atoms with E-state index in [4.69, 9.17) is 10.5 Å². The quantitative estimate of drug-likeness (QED) is 0.805. The molecule has 0 amide bonds. The van der Waals surface area contributed by atoms with Crippen LogP contribution >= 0.6 is 0 Å². The second-order valence-electron chi connectivity index (χ2n) is 5.48. The summed E-state index contributed by atoms with van der Waals surface area (Å²) in [5.41, 5.74) is 5.59. The van der Waals surface area contributed by atoms with Gasteiger partial charge >= 0.3 is 0 Å². The van der Waals surface area contributed by atoms with Crippen LogP contribution in [0.25, 0.3) is 0 Å². The zero-order valence-electron chi connectivity index (χ0n) is 12.8. The molecular weight excluding hydrogens is 307 g/mol. The summed E-state index contributed by atoms with van der Waals surface area (Å²) in [6.45, 7) is 3.48. The summed E-state index contributed by atoms with van der Waals surface area (Å²) in [6.07, 6.45) is 2.18. The molecule has 0 bridgehead atoms. The molecule has 0 aromatic heterocycles. The maximum Gasteiger partial charge on any atom is 0.243 e. The predicted molar refractivity (Wildman–Crippen MR) is 82.5 cm³/mol. The van der Waals surface area contributed by atoms with Gasteiger partial charge in [-0.25, -0.2) is 12.8 Å². The van der Waals surface area contributed by atoms with E-state index < -0.39 is 15.8 Å². The van der Waals surface area contributed by atoms with Crippen LogP contribution < -0.4 is 5.73 Å². The lowest BCUT2D eigenvalue weighted by Gasteiger charge is -2.31. The number of nitrogens with two attached hydrogens (primary N) is 1. The van der Waals surface area contributed by atoms with Crippen LogP contribution in [0, 0.1) is 12.7 Å². The monoisotopic (exact) mass is 330 g/mol. The second kappa shape index (κ2) is 7.50. The molecule has 1 aliphatic rings. The largest absolute Gasteiger partial charge is 0.378 e. The lowest BCUT2D eigenvalue weighted by molar-refractivity contribution is 0.0209. The topological polar surface area (TPSA) is 72.6 Å². The number of nitrogens with zero attached hydrogens (tertiary/aromatic N) is 1. The number of sulfonamides is 1. The van der Waals surface area contributed by atoms with E-state index in [-0.39, 0.29) is 16.6 Å². The molecule has 5 nitrogen and oxygen atoms in total. The van der Waals surface area contributed by atoms with Crippen LogP contribution in [0.2, 0.25) is 0 Å². The number of benzene rings is 1. The van der Waals surface area contributed by atoms with Crippen molar-refractivity contribution in [3.63, 3.8) is 0 Å². The maximum atomic E-state index is 13.6. The minimum absolute atomic E-state index is 0.0509. The van der Waals surface area contributed by atoms with Crippen LogP contribution in [0.3, 0.4) is 0 Å². The van der Waals surface area contributed by atoms with Gasteiger partial charge in [-0.2, -0.15) is 4.31 Å². The van der Waals surface area contributed by atoms with E-state index in [1.807, 2.05) is 0 Å². The molecule has 124 valence electrons. The van der Waals surface area contributed by atoms with Crippen LogP contribution in [0.15, 0.2) is 23.1 Å². The molecule has 0 saturated carbocycles. The summed E-state index contributed by atoms with van der Waals surface area (Å²) in [6, 6.07) is 4.15. The minimum atomic E-state index is -3.65. The average Bonchev–Trinajstić information content (AvgIpc) is 2.50. The Morgan fingerprint density at radius 1 is 1.36 bits per heavy atom. The van der Waals surface area contributed by atoms with Gasteiger partial charge in [-0.05, 0) is 44.9 Å². The van der Waals surface area contributed by atoms with E-state index in [9.17, 15) is 12.8 Å². The highest BCUT2D eigenvalue weighted by Gasteiger charge is 2.31. The van der Waals surface area contributed by atoms with Crippen molar-refractivity contribution in [3.8, 4) is 0 Å². The van der Waals surface area contributed by atoms with Crippen molar-refractivity contribution in [1.82, 2.24) is 4.31 Å². The molecule has 1 fully saturated rings. The molecule has 0 unspecified atom stereocenters. The smallest absolute Gasteiger partial charge is 0.243 e. The molecule has 2 rings (SSSR count). The van der Waals surface area contributed by atoms with Gasteiger partial charge in [0.05, 0.1) is 11.0 Å². The Labute approximate surface area is 131 Å². The Bertz CT molecular complexity index is 599. The Kier molecular flexibility index (Phi) is 5.91. The van der Waals surface area contributed by atoms with Crippen LogP contribution in [0.1, 0.15) is 24.8 Å². The fraction of sp³-hybridized carbons (Fsp3) is 0.600. The summed E-state index contributed by atoms with van der Waals surface area (Å²) >= 11 is 0. The first kappa shape index (κ1) is 17.3. The first-order valence-corrected chi connectivity index (χ1v) is 8.97. The van der Waals surface area contributed by atoms with Crippen molar-refractivity contribution >= 4 is 10.0 Å². The number of rotatable bonds is 6. The Morgan fingerprint density at radius 2 is 2.05 bits per heavy atom. The van der Waals surface area contributed by atoms with Gasteiger partial charge in [0.2, 0.25) is 10.0 Å². The maximum absolute atomic E-state index is 13.6. The van der Waals surface area contributed by atoms with Gasteiger partial charge in [0.15, 0.2) is 0 Å². The van der Waals surface area contributed by atoms with Gasteiger partial charge in [-0.1, -0.05) is 6.07 Å². The summed E-state index contributed by atoms with van der Waals surface area (Å²) in [7, 11) is -3.65. The highest BCUT2D eigenvalue weighted by molar-refractivity contribution is 7.89. The van der Waals surface area contributed by atoms with Gasteiger partial charge in [-0.3, -0.25) is 0 Å². The van der Waals surface area contributed by atoms with Crippen molar-refractivity contribution in [1.29, 1.82) is 0 Å². The number of hydrogen-bond acceptors (Lipinski definition) is 4.